The molecule has 2 aliphatic heterocycles. The van der Waals surface area contributed by atoms with E-state index in [1.54, 1.807) is 13.8 Å². The van der Waals surface area contributed by atoms with Crippen LogP contribution in [-0.4, -0.2) is 57.9 Å². The summed E-state index contributed by atoms with van der Waals surface area (Å²) >= 11 is 17.2. The summed E-state index contributed by atoms with van der Waals surface area (Å²) in [7, 11) is 1.34. The zero-order valence-electron chi connectivity index (χ0n) is 20.7. The van der Waals surface area contributed by atoms with Gasteiger partial charge in [0.15, 0.2) is 5.78 Å². The minimum atomic E-state index is -2.04. The van der Waals surface area contributed by atoms with Crippen LogP contribution in [0.2, 0.25) is 0 Å². The van der Waals surface area contributed by atoms with Crippen LogP contribution in [0.25, 0.3) is 0 Å². The number of carboxylic acid groups (broad SMARTS) is 1. The van der Waals surface area contributed by atoms with Crippen molar-refractivity contribution in [3.05, 3.63) is 33.4 Å². The molecule has 2 heterocycles. The number of carbonyl (C=O) groups is 4. The number of carboxylic acids is 1. The number of hydrogen-bond donors (Lipinski definition) is 1. The van der Waals surface area contributed by atoms with Crippen LogP contribution in [0.5, 0.6) is 11.5 Å². The Morgan fingerprint density at radius 2 is 1.68 bits per heavy atom. The van der Waals surface area contributed by atoms with Gasteiger partial charge in [-0.05, 0) is 57.7 Å². The lowest BCUT2D eigenvalue weighted by Crippen LogP contribution is -2.72. The maximum atomic E-state index is 13.8. The van der Waals surface area contributed by atoms with E-state index in [9.17, 15) is 24.3 Å². The van der Waals surface area contributed by atoms with E-state index in [2.05, 4.69) is 0 Å². The molecule has 3 atom stereocenters. The predicted octanol–water partition coefficient (Wildman–Crippen LogP) is 4.39. The van der Waals surface area contributed by atoms with Crippen LogP contribution >= 0.6 is 34.8 Å². The highest BCUT2D eigenvalue weighted by Crippen LogP contribution is 2.62. The summed E-state index contributed by atoms with van der Waals surface area (Å²) in [5.41, 5.74) is -3.01. The SMILES string of the molecule is COc1c(C)c2c(c(C)c1C(=O)OCC(Cl)(Cl)Cl)C[C@@]1(C)C(=O)C(C(=O)O)=C(C)[C@@]3(C)OC(=O)O[C@@]13O2. The van der Waals surface area contributed by atoms with Crippen molar-refractivity contribution in [1.29, 1.82) is 0 Å². The van der Waals surface area contributed by atoms with Crippen LogP contribution in [0.15, 0.2) is 11.1 Å². The Kier molecular flexibility index (Phi) is 6.21. The number of aliphatic carboxylic acids is 1. The second kappa shape index (κ2) is 8.41. The molecular weight excluding hydrogens is 555 g/mol. The van der Waals surface area contributed by atoms with Gasteiger partial charge in [-0.3, -0.25) is 4.79 Å². The number of ketones is 1. The number of alkyl halides is 3. The first-order valence-electron chi connectivity index (χ1n) is 11.0. The van der Waals surface area contributed by atoms with Crippen LogP contribution in [0.3, 0.4) is 0 Å². The third-order valence-electron chi connectivity index (χ3n) is 7.46. The van der Waals surface area contributed by atoms with Crippen molar-refractivity contribution in [2.45, 2.75) is 56.2 Å². The van der Waals surface area contributed by atoms with E-state index < -0.39 is 56.7 Å². The van der Waals surface area contributed by atoms with Gasteiger partial charge in [-0.1, -0.05) is 34.8 Å². The molecule has 4 rings (SSSR count). The summed E-state index contributed by atoms with van der Waals surface area (Å²) in [6.07, 6.45) is -1.29. The van der Waals surface area contributed by atoms with Gasteiger partial charge < -0.3 is 28.8 Å². The summed E-state index contributed by atoms with van der Waals surface area (Å²) < 4.78 is 26.3. The molecule has 200 valence electrons. The molecule has 1 aromatic rings. The van der Waals surface area contributed by atoms with Crippen molar-refractivity contribution in [3.8, 4) is 11.5 Å². The standard InChI is InChI=1S/C24H23Cl3O10/c1-9-12-7-21(4)17(28)14(18(29)30)11(3)22(5)24(21,37-20(32)36-22)35-15(12)10(2)16(33-6)13(9)19(31)34-8-23(25,26)27/h7-8H2,1-6H3,(H,29,30)/t21-,22+,24-/m0/s1. The smallest absolute Gasteiger partial charge is 0.495 e. The zero-order chi connectivity index (χ0) is 27.9. The van der Waals surface area contributed by atoms with Crippen molar-refractivity contribution in [1.82, 2.24) is 0 Å². The number of carbonyl (C=O) groups excluding carboxylic acids is 3. The first-order valence-corrected chi connectivity index (χ1v) is 12.1. The molecule has 3 aliphatic rings. The molecular formula is C24H23Cl3O10. The molecule has 1 N–H and O–H groups in total. The molecule has 0 unspecified atom stereocenters. The molecule has 1 saturated heterocycles. The highest BCUT2D eigenvalue weighted by molar-refractivity contribution is 6.67. The molecule has 13 heteroatoms. The highest BCUT2D eigenvalue weighted by Gasteiger charge is 2.79. The lowest BCUT2D eigenvalue weighted by Gasteiger charge is -2.54. The largest absolute Gasteiger partial charge is 0.512 e. The lowest BCUT2D eigenvalue weighted by molar-refractivity contribution is -0.244. The molecule has 1 fully saturated rings. The van der Waals surface area contributed by atoms with Gasteiger partial charge in [-0.25, -0.2) is 14.4 Å². The average Bonchev–Trinajstić information content (AvgIpc) is 3.06. The van der Waals surface area contributed by atoms with Crippen molar-refractivity contribution < 1.29 is 48.0 Å². The molecule has 1 aromatic carbocycles. The summed E-state index contributed by atoms with van der Waals surface area (Å²) in [5, 5.41) is 9.87. The second-order valence-electron chi connectivity index (χ2n) is 9.51. The van der Waals surface area contributed by atoms with E-state index in [1.165, 1.54) is 27.9 Å². The molecule has 0 aromatic heterocycles. The van der Waals surface area contributed by atoms with E-state index in [-0.39, 0.29) is 29.1 Å². The molecule has 1 aliphatic carbocycles. The molecule has 0 saturated carbocycles. The number of fused-ring (bicyclic) bond motifs is 1. The number of halogens is 3. The molecule has 0 bridgehead atoms. The minimum Gasteiger partial charge on any atom is -0.495 e. The van der Waals surface area contributed by atoms with Crippen LogP contribution in [-0.2, 0) is 30.2 Å². The van der Waals surface area contributed by atoms with Crippen molar-refractivity contribution >= 4 is 58.7 Å². The number of rotatable bonds is 4. The van der Waals surface area contributed by atoms with Gasteiger partial charge in [0.1, 0.15) is 34.7 Å². The number of esters is 1. The topological polar surface area (TPSA) is 135 Å². The van der Waals surface area contributed by atoms with Crippen LogP contribution < -0.4 is 9.47 Å². The van der Waals surface area contributed by atoms with E-state index >= 15 is 0 Å². The number of hydrogen-bond acceptors (Lipinski definition) is 9. The Bertz CT molecular complexity index is 1310. The van der Waals surface area contributed by atoms with E-state index in [0.717, 1.165) is 0 Å². The number of ether oxygens (including phenoxy) is 5. The third kappa shape index (κ3) is 3.59. The molecule has 0 radical (unpaired) electrons. The fraction of sp³-hybridized carbons (Fsp3) is 0.500. The summed E-state index contributed by atoms with van der Waals surface area (Å²) in [5.74, 6) is -4.90. The van der Waals surface area contributed by atoms with Crippen molar-refractivity contribution in [2.75, 3.05) is 13.7 Å². The van der Waals surface area contributed by atoms with Gasteiger partial charge in [-0.15, -0.1) is 0 Å². The van der Waals surface area contributed by atoms with Crippen LogP contribution in [0.1, 0.15) is 47.8 Å². The molecule has 1 spiro atoms. The second-order valence-corrected chi connectivity index (χ2v) is 12.0. The van der Waals surface area contributed by atoms with Crippen LogP contribution in [0.4, 0.5) is 4.79 Å². The normalized spacial score (nSPS) is 28.4. The van der Waals surface area contributed by atoms with E-state index in [0.29, 0.717) is 16.7 Å². The predicted molar refractivity (Wildman–Crippen MR) is 130 cm³/mol. The fourth-order valence-corrected chi connectivity index (χ4v) is 5.69. The fourth-order valence-electron chi connectivity index (χ4n) is 5.53. The first-order chi connectivity index (χ1) is 17.0. The summed E-state index contributed by atoms with van der Waals surface area (Å²) in [6.45, 7) is 6.91. The first kappa shape index (κ1) is 27.3. The van der Waals surface area contributed by atoms with Gasteiger partial charge in [0, 0.05) is 5.56 Å². The summed E-state index contributed by atoms with van der Waals surface area (Å²) in [6, 6.07) is 0. The molecule has 37 heavy (non-hydrogen) atoms. The molecule has 0 amide bonds. The Morgan fingerprint density at radius 1 is 1.05 bits per heavy atom. The highest BCUT2D eigenvalue weighted by atomic mass is 35.6. The van der Waals surface area contributed by atoms with Gasteiger partial charge in [0.05, 0.1) is 7.11 Å². The van der Waals surface area contributed by atoms with Crippen LogP contribution in [0, 0.1) is 19.3 Å². The lowest BCUT2D eigenvalue weighted by atomic mass is 9.57. The van der Waals surface area contributed by atoms with Gasteiger partial charge in [0.2, 0.25) is 9.39 Å². The van der Waals surface area contributed by atoms with E-state index in [4.69, 9.17) is 58.5 Å². The maximum Gasteiger partial charge on any atom is 0.512 e. The number of benzene rings is 1. The minimum absolute atomic E-state index is 0.00650. The Hall–Kier alpha value is -2.69. The number of Topliss-reactive ketones (excluding diaryl/α,β-unsaturated/α-hetero) is 1. The summed E-state index contributed by atoms with van der Waals surface area (Å²) in [4.78, 5) is 51.4. The Labute approximate surface area is 226 Å². The monoisotopic (exact) mass is 576 g/mol. The average molecular weight is 578 g/mol. The Balaban J connectivity index is 1.98. The van der Waals surface area contributed by atoms with Gasteiger partial charge in [0.25, 0.3) is 0 Å². The van der Waals surface area contributed by atoms with Crippen molar-refractivity contribution in [3.63, 3.8) is 0 Å². The quantitative estimate of drug-likeness (QED) is 0.312. The Morgan fingerprint density at radius 3 is 2.22 bits per heavy atom. The third-order valence-corrected chi connectivity index (χ3v) is 7.79. The van der Waals surface area contributed by atoms with Gasteiger partial charge >= 0.3 is 23.9 Å². The zero-order valence-corrected chi connectivity index (χ0v) is 22.9. The van der Waals surface area contributed by atoms with Crippen molar-refractivity contribution in [2.24, 2.45) is 5.41 Å². The van der Waals surface area contributed by atoms with E-state index in [1.807, 2.05) is 0 Å². The maximum absolute atomic E-state index is 13.8. The number of methoxy groups -OCH3 is 1. The van der Waals surface area contributed by atoms with Gasteiger partial charge in [-0.2, -0.15) is 0 Å². The molecule has 10 nitrogen and oxygen atoms in total.